The maximum Gasteiger partial charge on any atom is 0.0741 e. The Morgan fingerprint density at radius 3 is 2.35 bits per heavy atom. The molecular weight excluding hydrogens is 210 g/mol. The molecule has 0 amide bonds. The zero-order valence-corrected chi connectivity index (χ0v) is 10.8. The highest BCUT2D eigenvalue weighted by atomic mass is 16.3. The third kappa shape index (κ3) is 3.22. The SMILES string of the molecule is CC(C)c1ccc(N[C@@H]2CCCC[C@H]2O)cc1. The summed E-state index contributed by atoms with van der Waals surface area (Å²) >= 11 is 0. The average Bonchev–Trinajstić information content (AvgIpc) is 2.33. The fraction of sp³-hybridized carbons (Fsp3) is 0.600. The van der Waals surface area contributed by atoms with Gasteiger partial charge < -0.3 is 10.4 Å². The van der Waals surface area contributed by atoms with Gasteiger partial charge in [-0.1, -0.05) is 38.8 Å². The fourth-order valence-electron chi connectivity index (χ4n) is 2.46. The molecule has 0 bridgehead atoms. The van der Waals surface area contributed by atoms with Gasteiger partial charge in [-0.15, -0.1) is 0 Å². The third-order valence-corrected chi connectivity index (χ3v) is 3.66. The maximum absolute atomic E-state index is 9.91. The molecule has 0 saturated heterocycles. The normalized spacial score (nSPS) is 24.9. The summed E-state index contributed by atoms with van der Waals surface area (Å²) in [6.07, 6.45) is 4.20. The first-order chi connectivity index (χ1) is 8.16. The minimum absolute atomic E-state index is 0.187. The minimum Gasteiger partial charge on any atom is -0.391 e. The highest BCUT2D eigenvalue weighted by Gasteiger charge is 2.22. The van der Waals surface area contributed by atoms with Crippen molar-refractivity contribution in [2.45, 2.75) is 57.6 Å². The number of anilines is 1. The molecule has 0 aliphatic heterocycles. The summed E-state index contributed by atoms with van der Waals surface area (Å²) in [6, 6.07) is 8.81. The molecule has 2 N–H and O–H groups in total. The summed E-state index contributed by atoms with van der Waals surface area (Å²) in [5.41, 5.74) is 2.49. The lowest BCUT2D eigenvalue weighted by Crippen LogP contribution is -2.36. The summed E-state index contributed by atoms with van der Waals surface area (Å²) < 4.78 is 0. The van der Waals surface area contributed by atoms with Crippen LogP contribution in [0.15, 0.2) is 24.3 Å². The summed E-state index contributed by atoms with van der Waals surface area (Å²) in [4.78, 5) is 0. The maximum atomic E-state index is 9.91. The number of rotatable bonds is 3. The van der Waals surface area contributed by atoms with E-state index in [-0.39, 0.29) is 12.1 Å². The Morgan fingerprint density at radius 2 is 1.76 bits per heavy atom. The van der Waals surface area contributed by atoms with Crippen LogP contribution in [0.2, 0.25) is 0 Å². The zero-order valence-electron chi connectivity index (χ0n) is 10.8. The van der Waals surface area contributed by atoms with Crippen LogP contribution in [0.25, 0.3) is 0 Å². The Morgan fingerprint density at radius 1 is 1.12 bits per heavy atom. The summed E-state index contributed by atoms with van der Waals surface area (Å²) in [7, 11) is 0. The zero-order chi connectivity index (χ0) is 12.3. The topological polar surface area (TPSA) is 32.3 Å². The van der Waals surface area contributed by atoms with Crippen LogP contribution in [0.1, 0.15) is 51.0 Å². The van der Waals surface area contributed by atoms with Crippen LogP contribution in [-0.2, 0) is 0 Å². The predicted octanol–water partition coefficient (Wildman–Crippen LogP) is 3.53. The van der Waals surface area contributed by atoms with Crippen molar-refractivity contribution in [1.29, 1.82) is 0 Å². The Labute approximate surface area is 104 Å². The predicted molar refractivity (Wildman–Crippen MR) is 72.4 cm³/mol. The molecule has 94 valence electrons. The van der Waals surface area contributed by atoms with Gasteiger partial charge in [-0.3, -0.25) is 0 Å². The van der Waals surface area contributed by atoms with Crippen molar-refractivity contribution in [3.63, 3.8) is 0 Å². The minimum atomic E-state index is -0.187. The molecule has 0 radical (unpaired) electrons. The Kier molecular flexibility index (Phi) is 4.06. The van der Waals surface area contributed by atoms with Gasteiger partial charge in [-0.25, -0.2) is 0 Å². The highest BCUT2D eigenvalue weighted by Crippen LogP contribution is 2.23. The van der Waals surface area contributed by atoms with E-state index in [1.165, 1.54) is 12.0 Å². The third-order valence-electron chi connectivity index (χ3n) is 3.66. The molecule has 1 aromatic carbocycles. The molecule has 2 atom stereocenters. The van der Waals surface area contributed by atoms with Crippen molar-refractivity contribution < 1.29 is 5.11 Å². The first kappa shape index (κ1) is 12.4. The van der Waals surface area contributed by atoms with E-state index in [2.05, 4.69) is 43.4 Å². The van der Waals surface area contributed by atoms with E-state index in [1.807, 2.05) is 0 Å². The van der Waals surface area contributed by atoms with E-state index in [1.54, 1.807) is 0 Å². The van der Waals surface area contributed by atoms with E-state index >= 15 is 0 Å². The van der Waals surface area contributed by atoms with Crippen molar-refractivity contribution in [3.8, 4) is 0 Å². The second-order valence-electron chi connectivity index (χ2n) is 5.38. The number of hydrogen-bond acceptors (Lipinski definition) is 2. The Hall–Kier alpha value is -1.02. The molecule has 2 rings (SSSR count). The van der Waals surface area contributed by atoms with Crippen molar-refractivity contribution in [2.24, 2.45) is 0 Å². The second kappa shape index (κ2) is 5.54. The van der Waals surface area contributed by atoms with E-state index < -0.39 is 0 Å². The molecule has 0 aromatic heterocycles. The van der Waals surface area contributed by atoms with Gasteiger partial charge in [0.2, 0.25) is 0 Å². The summed E-state index contributed by atoms with van der Waals surface area (Å²) in [6.45, 7) is 4.40. The number of aliphatic hydroxyl groups is 1. The van der Waals surface area contributed by atoms with Crippen LogP contribution in [0.3, 0.4) is 0 Å². The standard InChI is InChI=1S/C15H23NO/c1-11(2)12-7-9-13(10-8-12)16-14-5-3-4-6-15(14)17/h7-11,14-17H,3-6H2,1-2H3/t14-,15-/m1/s1. The lowest BCUT2D eigenvalue weighted by atomic mass is 9.92. The Bertz CT molecular complexity index is 344. The second-order valence-corrected chi connectivity index (χ2v) is 5.38. The first-order valence-corrected chi connectivity index (χ1v) is 6.71. The lowest BCUT2D eigenvalue weighted by Gasteiger charge is -2.29. The van der Waals surface area contributed by atoms with Crippen LogP contribution in [0, 0.1) is 0 Å². The van der Waals surface area contributed by atoms with Crippen molar-refractivity contribution in [3.05, 3.63) is 29.8 Å². The highest BCUT2D eigenvalue weighted by molar-refractivity contribution is 5.46. The van der Waals surface area contributed by atoms with Crippen LogP contribution in [0.5, 0.6) is 0 Å². The molecule has 2 nitrogen and oxygen atoms in total. The molecule has 1 aliphatic rings. The van der Waals surface area contributed by atoms with Gasteiger partial charge in [-0.2, -0.15) is 0 Å². The molecule has 17 heavy (non-hydrogen) atoms. The van der Waals surface area contributed by atoms with Crippen molar-refractivity contribution in [2.75, 3.05) is 5.32 Å². The molecule has 0 heterocycles. The summed E-state index contributed by atoms with van der Waals surface area (Å²) in [5.74, 6) is 0.573. The number of nitrogens with one attached hydrogen (secondary N) is 1. The van der Waals surface area contributed by atoms with Gasteiger partial charge in [0, 0.05) is 5.69 Å². The van der Waals surface area contributed by atoms with Gasteiger partial charge in [0.05, 0.1) is 12.1 Å². The van der Waals surface area contributed by atoms with Gasteiger partial charge in [0.25, 0.3) is 0 Å². The molecule has 1 aromatic rings. The molecule has 2 heteroatoms. The van der Waals surface area contributed by atoms with Crippen molar-refractivity contribution >= 4 is 5.69 Å². The van der Waals surface area contributed by atoms with Gasteiger partial charge in [0.15, 0.2) is 0 Å². The number of aliphatic hydroxyl groups excluding tert-OH is 1. The first-order valence-electron chi connectivity index (χ1n) is 6.71. The van der Waals surface area contributed by atoms with Crippen LogP contribution < -0.4 is 5.32 Å². The van der Waals surface area contributed by atoms with Crippen LogP contribution >= 0.6 is 0 Å². The molecular formula is C15H23NO. The van der Waals surface area contributed by atoms with E-state index in [0.717, 1.165) is 24.9 Å². The van der Waals surface area contributed by atoms with E-state index in [9.17, 15) is 5.11 Å². The quantitative estimate of drug-likeness (QED) is 0.837. The molecule has 0 unspecified atom stereocenters. The monoisotopic (exact) mass is 233 g/mol. The molecule has 1 aliphatic carbocycles. The molecule has 0 spiro atoms. The summed E-state index contributed by atoms with van der Waals surface area (Å²) in [5, 5.41) is 13.4. The number of benzene rings is 1. The smallest absolute Gasteiger partial charge is 0.0741 e. The Balaban J connectivity index is 1.98. The largest absolute Gasteiger partial charge is 0.391 e. The van der Waals surface area contributed by atoms with Gasteiger partial charge in [0.1, 0.15) is 0 Å². The fourth-order valence-corrected chi connectivity index (χ4v) is 2.46. The average molecular weight is 233 g/mol. The van der Waals surface area contributed by atoms with Gasteiger partial charge in [-0.05, 0) is 36.5 Å². The van der Waals surface area contributed by atoms with Crippen molar-refractivity contribution in [1.82, 2.24) is 0 Å². The van der Waals surface area contributed by atoms with Crippen LogP contribution in [-0.4, -0.2) is 17.3 Å². The lowest BCUT2D eigenvalue weighted by molar-refractivity contribution is 0.116. The van der Waals surface area contributed by atoms with E-state index in [4.69, 9.17) is 0 Å². The molecule has 1 saturated carbocycles. The van der Waals surface area contributed by atoms with E-state index in [0.29, 0.717) is 5.92 Å². The van der Waals surface area contributed by atoms with Crippen LogP contribution in [0.4, 0.5) is 5.69 Å². The number of hydrogen-bond donors (Lipinski definition) is 2. The van der Waals surface area contributed by atoms with Gasteiger partial charge >= 0.3 is 0 Å². The molecule has 1 fully saturated rings.